The van der Waals surface area contributed by atoms with E-state index >= 15 is 0 Å². The van der Waals surface area contributed by atoms with Gasteiger partial charge in [0.05, 0.1) is 14.2 Å². The SMILES string of the molecule is CCc1nnc(NC(=O)/C(C#N)=C\c2cc(OC)c(OCCOc3c(C)cccc3C)c(OC)c2)s1. The topological polar surface area (TPSA) is 116 Å². The highest BCUT2D eigenvalue weighted by atomic mass is 32.1. The molecule has 0 spiro atoms. The van der Waals surface area contributed by atoms with Gasteiger partial charge in [-0.1, -0.05) is 36.5 Å². The first-order valence-electron chi connectivity index (χ1n) is 11.2. The summed E-state index contributed by atoms with van der Waals surface area (Å²) in [5, 5.41) is 21.2. The van der Waals surface area contributed by atoms with E-state index in [9.17, 15) is 10.1 Å². The summed E-state index contributed by atoms with van der Waals surface area (Å²) in [6.07, 6.45) is 2.15. The molecule has 1 heterocycles. The molecule has 0 saturated carbocycles. The van der Waals surface area contributed by atoms with Crippen molar-refractivity contribution in [2.24, 2.45) is 0 Å². The van der Waals surface area contributed by atoms with Crippen LogP contribution in [-0.4, -0.2) is 43.5 Å². The normalized spacial score (nSPS) is 10.9. The maximum absolute atomic E-state index is 12.6. The van der Waals surface area contributed by atoms with Crippen LogP contribution in [0.2, 0.25) is 0 Å². The minimum Gasteiger partial charge on any atom is -0.493 e. The Hall–Kier alpha value is -4.10. The third kappa shape index (κ3) is 6.52. The molecule has 0 aliphatic carbocycles. The lowest BCUT2D eigenvalue weighted by molar-refractivity contribution is -0.112. The fourth-order valence-electron chi connectivity index (χ4n) is 3.37. The van der Waals surface area contributed by atoms with Gasteiger partial charge in [-0.25, -0.2) is 0 Å². The molecule has 0 saturated heterocycles. The first-order valence-corrected chi connectivity index (χ1v) is 12.0. The monoisotopic (exact) mass is 508 g/mol. The van der Waals surface area contributed by atoms with Gasteiger partial charge in [0, 0.05) is 0 Å². The Balaban J connectivity index is 1.74. The number of rotatable bonds is 11. The van der Waals surface area contributed by atoms with Crippen molar-refractivity contribution in [3.8, 4) is 29.1 Å². The molecular formula is C26H28N4O5S. The molecule has 1 N–H and O–H groups in total. The zero-order valence-electron chi connectivity index (χ0n) is 20.9. The van der Waals surface area contributed by atoms with Gasteiger partial charge in [0.2, 0.25) is 10.9 Å². The predicted molar refractivity (Wildman–Crippen MR) is 138 cm³/mol. The number of aromatic nitrogens is 2. The van der Waals surface area contributed by atoms with Crippen LogP contribution in [0.15, 0.2) is 35.9 Å². The largest absolute Gasteiger partial charge is 0.493 e. The average Bonchev–Trinajstić information content (AvgIpc) is 3.33. The van der Waals surface area contributed by atoms with Crippen molar-refractivity contribution in [2.45, 2.75) is 27.2 Å². The molecule has 0 bridgehead atoms. The molecule has 0 atom stereocenters. The summed E-state index contributed by atoms with van der Waals surface area (Å²) in [7, 11) is 3.00. The average molecular weight is 509 g/mol. The second kappa shape index (κ2) is 12.6. The molecule has 0 fully saturated rings. The Morgan fingerprint density at radius 2 is 1.67 bits per heavy atom. The zero-order chi connectivity index (χ0) is 26.1. The molecule has 9 nitrogen and oxygen atoms in total. The van der Waals surface area contributed by atoms with Crippen molar-refractivity contribution in [3.05, 3.63) is 57.6 Å². The maximum Gasteiger partial charge on any atom is 0.268 e. The van der Waals surface area contributed by atoms with E-state index in [0.717, 1.165) is 21.9 Å². The van der Waals surface area contributed by atoms with Crippen molar-refractivity contribution >= 4 is 28.5 Å². The number of nitrogens with one attached hydrogen (secondary N) is 1. The Bertz CT molecular complexity index is 1250. The van der Waals surface area contributed by atoms with Gasteiger partial charge >= 0.3 is 0 Å². The van der Waals surface area contributed by atoms with Crippen molar-refractivity contribution in [1.82, 2.24) is 10.2 Å². The summed E-state index contributed by atoms with van der Waals surface area (Å²) in [6, 6.07) is 11.2. The Labute approximate surface area is 214 Å². The van der Waals surface area contributed by atoms with Crippen molar-refractivity contribution in [3.63, 3.8) is 0 Å². The fourth-order valence-corrected chi connectivity index (χ4v) is 4.04. The van der Waals surface area contributed by atoms with E-state index < -0.39 is 5.91 Å². The van der Waals surface area contributed by atoms with Crippen LogP contribution in [0, 0.1) is 25.2 Å². The molecule has 10 heteroatoms. The first-order chi connectivity index (χ1) is 17.4. The molecule has 0 unspecified atom stereocenters. The van der Waals surface area contributed by atoms with Gasteiger partial charge in [0.1, 0.15) is 35.6 Å². The second-order valence-corrected chi connectivity index (χ2v) is 8.71. The summed E-state index contributed by atoms with van der Waals surface area (Å²) in [5.74, 6) is 1.43. The van der Waals surface area contributed by atoms with Gasteiger partial charge in [-0.05, 0) is 55.2 Å². The van der Waals surface area contributed by atoms with Crippen LogP contribution >= 0.6 is 11.3 Å². The summed E-state index contributed by atoms with van der Waals surface area (Å²) >= 11 is 1.26. The van der Waals surface area contributed by atoms with E-state index in [1.165, 1.54) is 31.6 Å². The highest BCUT2D eigenvalue weighted by Crippen LogP contribution is 2.39. The highest BCUT2D eigenvalue weighted by molar-refractivity contribution is 7.15. The second-order valence-electron chi connectivity index (χ2n) is 7.65. The van der Waals surface area contributed by atoms with Gasteiger partial charge < -0.3 is 18.9 Å². The highest BCUT2D eigenvalue weighted by Gasteiger charge is 2.17. The van der Waals surface area contributed by atoms with E-state index in [1.807, 2.05) is 45.0 Å². The van der Waals surface area contributed by atoms with Crippen molar-refractivity contribution in [2.75, 3.05) is 32.8 Å². The van der Waals surface area contributed by atoms with Gasteiger partial charge in [0.25, 0.3) is 5.91 Å². The molecule has 3 rings (SSSR count). The van der Waals surface area contributed by atoms with Crippen LogP contribution in [-0.2, 0) is 11.2 Å². The molecule has 3 aromatic rings. The van der Waals surface area contributed by atoms with E-state index in [2.05, 4.69) is 15.5 Å². The number of hydrogen-bond donors (Lipinski definition) is 1. The lowest BCUT2D eigenvalue weighted by Crippen LogP contribution is -2.13. The minimum atomic E-state index is -0.585. The van der Waals surface area contributed by atoms with Crippen molar-refractivity contribution < 1.29 is 23.7 Å². The van der Waals surface area contributed by atoms with Crippen LogP contribution in [0.4, 0.5) is 5.13 Å². The first kappa shape index (κ1) is 26.5. The summed E-state index contributed by atoms with van der Waals surface area (Å²) in [5.41, 5.74) is 2.52. The molecule has 1 aromatic heterocycles. The lowest BCUT2D eigenvalue weighted by Gasteiger charge is -2.16. The maximum atomic E-state index is 12.6. The number of carbonyl (C=O) groups is 1. The molecule has 1 amide bonds. The number of nitrogens with zero attached hydrogens (tertiary/aromatic N) is 3. The van der Waals surface area contributed by atoms with Crippen LogP contribution in [0.1, 0.15) is 28.6 Å². The third-order valence-corrected chi connectivity index (χ3v) is 6.12. The molecule has 188 valence electrons. The summed E-state index contributed by atoms with van der Waals surface area (Å²) < 4.78 is 22.8. The number of amides is 1. The number of carbonyl (C=O) groups excluding carboxylic acids is 1. The zero-order valence-corrected chi connectivity index (χ0v) is 21.7. The van der Waals surface area contributed by atoms with E-state index in [0.29, 0.717) is 41.0 Å². The van der Waals surface area contributed by atoms with Gasteiger partial charge in [0.15, 0.2) is 11.5 Å². The third-order valence-electron chi connectivity index (χ3n) is 5.13. The molecular weight excluding hydrogens is 480 g/mol. The number of para-hydroxylation sites is 1. The number of methoxy groups -OCH3 is 2. The molecule has 2 aromatic carbocycles. The number of ether oxygens (including phenoxy) is 4. The molecule has 0 aliphatic heterocycles. The van der Waals surface area contributed by atoms with Gasteiger partial charge in [-0.3, -0.25) is 10.1 Å². The van der Waals surface area contributed by atoms with E-state index in [-0.39, 0.29) is 12.2 Å². The van der Waals surface area contributed by atoms with E-state index in [4.69, 9.17) is 18.9 Å². The number of nitriles is 1. The van der Waals surface area contributed by atoms with Crippen LogP contribution in [0.3, 0.4) is 0 Å². The predicted octanol–water partition coefficient (Wildman–Crippen LogP) is 4.74. The summed E-state index contributed by atoms with van der Waals surface area (Å²) in [4.78, 5) is 12.6. The molecule has 0 aliphatic rings. The summed E-state index contributed by atoms with van der Waals surface area (Å²) in [6.45, 7) is 6.51. The lowest BCUT2D eigenvalue weighted by atomic mass is 10.1. The number of hydrogen-bond acceptors (Lipinski definition) is 9. The Kier molecular flexibility index (Phi) is 9.25. The van der Waals surface area contributed by atoms with Crippen LogP contribution in [0.25, 0.3) is 6.08 Å². The quantitative estimate of drug-likeness (QED) is 0.224. The number of benzene rings is 2. The Morgan fingerprint density at radius 1 is 1.06 bits per heavy atom. The van der Waals surface area contributed by atoms with E-state index in [1.54, 1.807) is 12.1 Å². The molecule has 0 radical (unpaired) electrons. The van der Waals surface area contributed by atoms with Crippen molar-refractivity contribution in [1.29, 1.82) is 5.26 Å². The fraction of sp³-hybridized carbons (Fsp3) is 0.308. The standard InChI is InChI=1S/C26H28N4O5S/c1-6-22-29-30-26(36-22)28-25(31)19(15-27)12-18-13-20(32-4)24(21(14-18)33-5)35-11-10-34-23-16(2)8-7-9-17(23)3/h7-9,12-14H,6,10-11H2,1-5H3,(H,28,30,31)/b19-12-. The molecule has 36 heavy (non-hydrogen) atoms. The van der Waals surface area contributed by atoms with Crippen LogP contribution in [0.5, 0.6) is 23.0 Å². The number of aryl methyl sites for hydroxylation is 3. The van der Waals surface area contributed by atoms with Gasteiger partial charge in [-0.2, -0.15) is 5.26 Å². The minimum absolute atomic E-state index is 0.108. The van der Waals surface area contributed by atoms with Gasteiger partial charge in [-0.15, -0.1) is 10.2 Å². The Morgan fingerprint density at radius 3 is 2.19 bits per heavy atom. The number of anilines is 1. The smallest absolute Gasteiger partial charge is 0.268 e. The van der Waals surface area contributed by atoms with Crippen LogP contribution < -0.4 is 24.3 Å².